The van der Waals surface area contributed by atoms with Crippen molar-refractivity contribution < 1.29 is 4.74 Å². The highest BCUT2D eigenvalue weighted by Crippen LogP contribution is 2.23. The second kappa shape index (κ2) is 8.48. The zero-order valence-corrected chi connectivity index (χ0v) is 14.7. The highest BCUT2D eigenvalue weighted by atomic mass is 79.9. The van der Waals surface area contributed by atoms with Gasteiger partial charge in [0.25, 0.3) is 0 Å². The fourth-order valence-corrected chi connectivity index (χ4v) is 3.56. The molecule has 0 spiro atoms. The summed E-state index contributed by atoms with van der Waals surface area (Å²) >= 11 is 5.25. The summed E-state index contributed by atoms with van der Waals surface area (Å²) in [7, 11) is 3.79. The number of hydrogen-bond acceptors (Lipinski definition) is 5. The third-order valence-corrected chi connectivity index (χ3v) is 4.72. The van der Waals surface area contributed by atoms with Crippen molar-refractivity contribution >= 4 is 33.1 Å². The number of pyridine rings is 1. The molecule has 6 heteroatoms. The molecular formula is C15H20BrN3OS. The molecule has 0 saturated carbocycles. The quantitative estimate of drug-likeness (QED) is 0.724. The highest BCUT2D eigenvalue weighted by molar-refractivity contribution is 9.10. The Morgan fingerprint density at radius 3 is 3.05 bits per heavy atom. The van der Waals surface area contributed by atoms with Crippen molar-refractivity contribution in [3.63, 3.8) is 0 Å². The summed E-state index contributed by atoms with van der Waals surface area (Å²) < 4.78 is 6.18. The Balaban J connectivity index is 2.00. The number of ether oxygens (including phenoxy) is 1. The maximum absolute atomic E-state index is 5.05. The molecule has 0 fully saturated rings. The molecule has 0 aliphatic heterocycles. The summed E-state index contributed by atoms with van der Waals surface area (Å²) in [6, 6.07) is 6.25. The van der Waals surface area contributed by atoms with Gasteiger partial charge >= 0.3 is 0 Å². The average molecular weight is 370 g/mol. The van der Waals surface area contributed by atoms with Crippen molar-refractivity contribution in [2.24, 2.45) is 0 Å². The molecule has 4 nitrogen and oxygen atoms in total. The molecule has 0 saturated heterocycles. The maximum atomic E-state index is 5.05. The van der Waals surface area contributed by atoms with Crippen molar-refractivity contribution in [2.45, 2.75) is 13.1 Å². The minimum Gasteiger partial charge on any atom is -0.383 e. The van der Waals surface area contributed by atoms with E-state index in [2.05, 4.69) is 55.7 Å². The molecule has 114 valence electrons. The van der Waals surface area contributed by atoms with Gasteiger partial charge in [0, 0.05) is 53.7 Å². The largest absolute Gasteiger partial charge is 0.383 e. The molecule has 2 heterocycles. The topological polar surface area (TPSA) is 37.4 Å². The number of rotatable bonds is 8. The molecule has 1 N–H and O–H groups in total. The minimum absolute atomic E-state index is 0.717. The smallest absolute Gasteiger partial charge is 0.133 e. The summed E-state index contributed by atoms with van der Waals surface area (Å²) in [5.74, 6) is 1.02. The molecule has 0 bridgehead atoms. The molecular weight excluding hydrogens is 350 g/mol. The van der Waals surface area contributed by atoms with Crippen LogP contribution in [0.2, 0.25) is 0 Å². The average Bonchev–Trinajstić information content (AvgIpc) is 2.89. The van der Waals surface area contributed by atoms with E-state index in [0.29, 0.717) is 6.61 Å². The van der Waals surface area contributed by atoms with Crippen LogP contribution in [0.3, 0.4) is 0 Å². The normalized spacial score (nSPS) is 10.8. The van der Waals surface area contributed by atoms with Gasteiger partial charge in [-0.2, -0.15) is 0 Å². The Labute approximate surface area is 138 Å². The first-order valence-corrected chi connectivity index (χ1v) is 8.45. The van der Waals surface area contributed by atoms with Gasteiger partial charge < -0.3 is 15.0 Å². The van der Waals surface area contributed by atoms with Gasteiger partial charge in [0.05, 0.1) is 13.2 Å². The maximum Gasteiger partial charge on any atom is 0.133 e. The molecule has 21 heavy (non-hydrogen) atoms. The van der Waals surface area contributed by atoms with Gasteiger partial charge in [-0.3, -0.25) is 0 Å². The van der Waals surface area contributed by atoms with Crippen molar-refractivity contribution in [3.8, 4) is 0 Å². The second-order valence-corrected chi connectivity index (χ2v) is 6.65. The Kier molecular flexibility index (Phi) is 6.63. The number of thiophene rings is 1. The van der Waals surface area contributed by atoms with Crippen LogP contribution in [0, 0.1) is 0 Å². The van der Waals surface area contributed by atoms with Crippen molar-refractivity contribution in [2.75, 3.05) is 32.2 Å². The molecule has 2 aromatic heterocycles. The van der Waals surface area contributed by atoms with Gasteiger partial charge in [-0.15, -0.1) is 11.3 Å². The zero-order valence-electron chi connectivity index (χ0n) is 12.3. The molecule has 2 rings (SSSR count). The van der Waals surface area contributed by atoms with E-state index < -0.39 is 0 Å². The molecule has 0 radical (unpaired) electrons. The van der Waals surface area contributed by atoms with Crippen LogP contribution in [0.25, 0.3) is 0 Å². The summed E-state index contributed by atoms with van der Waals surface area (Å²) in [5.41, 5.74) is 1.20. The van der Waals surface area contributed by atoms with Crippen LogP contribution in [0.5, 0.6) is 0 Å². The van der Waals surface area contributed by atoms with E-state index in [1.54, 1.807) is 18.4 Å². The fraction of sp³-hybridized carbons (Fsp3) is 0.400. The summed E-state index contributed by atoms with van der Waals surface area (Å²) in [5, 5.41) is 5.48. The van der Waals surface area contributed by atoms with Crippen LogP contribution in [0.1, 0.15) is 10.4 Å². The Morgan fingerprint density at radius 1 is 1.48 bits per heavy atom. The van der Waals surface area contributed by atoms with Crippen LogP contribution < -0.4 is 10.2 Å². The highest BCUT2D eigenvalue weighted by Gasteiger charge is 2.10. The van der Waals surface area contributed by atoms with E-state index in [0.717, 1.165) is 29.9 Å². The standard InChI is InChI=1S/C15H20BrN3OS/c1-19(10-14-8-13(16)11-21-14)15-12(4-3-5-18-15)9-17-6-7-20-2/h3-5,8,11,17H,6-7,9-10H2,1-2H3. The molecule has 0 aliphatic carbocycles. The number of halogens is 1. The van der Waals surface area contributed by atoms with Crippen LogP contribution in [0.15, 0.2) is 34.2 Å². The predicted molar refractivity (Wildman–Crippen MR) is 91.9 cm³/mol. The van der Waals surface area contributed by atoms with E-state index in [4.69, 9.17) is 4.74 Å². The molecule has 2 aromatic rings. The minimum atomic E-state index is 0.717. The molecule has 0 atom stereocenters. The SMILES string of the molecule is COCCNCc1cccnc1N(C)Cc1cc(Br)cs1. The van der Waals surface area contributed by atoms with Gasteiger partial charge in [-0.05, 0) is 28.1 Å². The van der Waals surface area contributed by atoms with Crippen molar-refractivity contribution in [3.05, 3.63) is 44.7 Å². The molecule has 0 aliphatic rings. The van der Waals surface area contributed by atoms with Gasteiger partial charge in [-0.1, -0.05) is 6.07 Å². The predicted octanol–water partition coefficient (Wildman–Crippen LogP) is 3.28. The fourth-order valence-electron chi connectivity index (χ4n) is 2.05. The number of hydrogen-bond donors (Lipinski definition) is 1. The molecule has 0 aromatic carbocycles. The lowest BCUT2D eigenvalue weighted by Crippen LogP contribution is -2.23. The van der Waals surface area contributed by atoms with Crippen LogP contribution in [-0.2, 0) is 17.8 Å². The third kappa shape index (κ3) is 5.07. The van der Waals surface area contributed by atoms with E-state index in [9.17, 15) is 0 Å². The lowest BCUT2D eigenvalue weighted by Gasteiger charge is -2.20. The molecule has 0 unspecified atom stereocenters. The van der Waals surface area contributed by atoms with Crippen LogP contribution in [0.4, 0.5) is 5.82 Å². The van der Waals surface area contributed by atoms with Crippen LogP contribution in [-0.4, -0.2) is 32.3 Å². The second-order valence-electron chi connectivity index (χ2n) is 4.74. The molecule has 0 amide bonds. The Morgan fingerprint density at radius 2 is 2.33 bits per heavy atom. The van der Waals surface area contributed by atoms with Gasteiger partial charge in [0.1, 0.15) is 5.82 Å². The zero-order chi connectivity index (χ0) is 15.1. The van der Waals surface area contributed by atoms with E-state index in [1.165, 1.54) is 10.4 Å². The lowest BCUT2D eigenvalue weighted by atomic mass is 10.2. The third-order valence-electron chi connectivity index (χ3n) is 3.04. The Hall–Kier alpha value is -0.950. The van der Waals surface area contributed by atoms with Gasteiger partial charge in [0.15, 0.2) is 0 Å². The van der Waals surface area contributed by atoms with Crippen LogP contribution >= 0.6 is 27.3 Å². The number of nitrogens with one attached hydrogen (secondary N) is 1. The number of aromatic nitrogens is 1. The first-order chi connectivity index (χ1) is 10.2. The van der Waals surface area contributed by atoms with Crippen molar-refractivity contribution in [1.29, 1.82) is 0 Å². The lowest BCUT2D eigenvalue weighted by molar-refractivity contribution is 0.199. The van der Waals surface area contributed by atoms with Gasteiger partial charge in [-0.25, -0.2) is 4.98 Å². The monoisotopic (exact) mass is 369 g/mol. The van der Waals surface area contributed by atoms with Gasteiger partial charge in [0.2, 0.25) is 0 Å². The first-order valence-electron chi connectivity index (χ1n) is 6.78. The van der Waals surface area contributed by atoms with E-state index in [1.807, 2.05) is 12.3 Å². The Bertz CT molecular complexity index is 561. The summed E-state index contributed by atoms with van der Waals surface area (Å²) in [6.07, 6.45) is 1.84. The first kappa shape index (κ1) is 16.4. The number of methoxy groups -OCH3 is 1. The van der Waals surface area contributed by atoms with E-state index in [-0.39, 0.29) is 0 Å². The van der Waals surface area contributed by atoms with Crippen molar-refractivity contribution in [1.82, 2.24) is 10.3 Å². The number of anilines is 1. The van der Waals surface area contributed by atoms with E-state index >= 15 is 0 Å². The summed E-state index contributed by atoms with van der Waals surface area (Å²) in [6.45, 7) is 3.21. The number of nitrogens with zero attached hydrogens (tertiary/aromatic N) is 2. The summed E-state index contributed by atoms with van der Waals surface area (Å²) in [4.78, 5) is 8.03.